The van der Waals surface area contributed by atoms with Crippen molar-refractivity contribution in [2.75, 3.05) is 5.32 Å². The molecule has 13 heteroatoms. The van der Waals surface area contributed by atoms with Crippen LogP contribution < -0.4 is 10.6 Å². The molecule has 4 saturated carbocycles. The lowest BCUT2D eigenvalue weighted by molar-refractivity contribution is -0.141. The Labute approximate surface area is 190 Å². The number of nitrogens with zero attached hydrogens (tertiary/aromatic N) is 4. The Morgan fingerprint density at radius 1 is 1.24 bits per heavy atom. The number of alkyl halides is 4. The Balaban J connectivity index is 1.14. The van der Waals surface area contributed by atoms with E-state index in [9.17, 15) is 18.0 Å². The van der Waals surface area contributed by atoms with Gasteiger partial charge in [-0.2, -0.15) is 18.3 Å². The summed E-state index contributed by atoms with van der Waals surface area (Å²) in [6.45, 7) is 0. The van der Waals surface area contributed by atoms with Gasteiger partial charge in [0.05, 0.1) is 0 Å². The maximum absolute atomic E-state index is 15.1. The fourth-order valence-electron chi connectivity index (χ4n) is 5.25. The number of fused-ring (bicyclic) bond motifs is 1. The van der Waals surface area contributed by atoms with Gasteiger partial charge >= 0.3 is 12.3 Å². The van der Waals surface area contributed by atoms with Crippen molar-refractivity contribution in [3.63, 3.8) is 0 Å². The summed E-state index contributed by atoms with van der Waals surface area (Å²) in [6, 6.07) is 2.36. The fourth-order valence-corrected chi connectivity index (χ4v) is 5.25. The Morgan fingerprint density at radius 2 is 2.03 bits per heavy atom. The monoisotopic (exact) mass is 479 g/mol. The molecule has 1 amide bonds. The SMILES string of the molecule is O=C(NC12CC(C1)C2)O[C@H]1CC[C@@H](c2cc(Nc3nc(C(F)(F)F)cc4nccn34)n[nH]2)[C@H]1F. The molecule has 0 aliphatic heterocycles. The lowest BCUT2D eigenvalue weighted by Gasteiger charge is -2.61. The number of carbonyl (C=O) groups excluding carboxylic acids is 1. The van der Waals surface area contributed by atoms with Gasteiger partial charge in [0.15, 0.2) is 11.5 Å². The predicted octanol–water partition coefficient (Wildman–Crippen LogP) is 4.08. The van der Waals surface area contributed by atoms with Gasteiger partial charge in [-0.1, -0.05) is 0 Å². The van der Waals surface area contributed by atoms with Crippen LogP contribution in [0.1, 0.15) is 49.4 Å². The van der Waals surface area contributed by atoms with E-state index < -0.39 is 36.2 Å². The number of amides is 1. The molecule has 4 aliphatic carbocycles. The minimum atomic E-state index is -4.65. The second-order valence-electron chi connectivity index (χ2n) is 9.41. The van der Waals surface area contributed by atoms with E-state index in [4.69, 9.17) is 4.74 Å². The predicted molar refractivity (Wildman–Crippen MR) is 110 cm³/mol. The number of H-pyrrole nitrogens is 1. The largest absolute Gasteiger partial charge is 0.443 e. The third-order valence-electron chi connectivity index (χ3n) is 7.08. The van der Waals surface area contributed by atoms with Crippen LogP contribution in [0.4, 0.5) is 34.1 Å². The van der Waals surface area contributed by atoms with Gasteiger partial charge in [-0.15, -0.1) is 0 Å². The molecule has 0 unspecified atom stereocenters. The summed E-state index contributed by atoms with van der Waals surface area (Å²) < 4.78 is 61.4. The molecule has 3 heterocycles. The van der Waals surface area contributed by atoms with E-state index in [1.807, 2.05) is 0 Å². The van der Waals surface area contributed by atoms with Crippen LogP contribution in [0, 0.1) is 5.92 Å². The summed E-state index contributed by atoms with van der Waals surface area (Å²) in [4.78, 5) is 19.7. The van der Waals surface area contributed by atoms with Crippen LogP contribution >= 0.6 is 0 Å². The standard InChI is InChI=1S/C21H21F4N7O2/c22-17-11(1-2-13(17)34-19(33)29-20-7-10(8-20)9-20)12-5-15(31-30-12)28-18-27-14(21(23,24)25)6-16-26-3-4-32(16)18/h3-6,10-11,13,17H,1-2,7-9H2,(H,29,33)(H2,27,28,30,31)/t10?,11-,13-,17+,20?/m0/s1. The van der Waals surface area contributed by atoms with E-state index in [0.717, 1.165) is 25.3 Å². The second-order valence-corrected chi connectivity index (χ2v) is 9.41. The van der Waals surface area contributed by atoms with Gasteiger partial charge in [-0.25, -0.2) is 19.2 Å². The zero-order valence-corrected chi connectivity index (χ0v) is 17.8. The topological polar surface area (TPSA) is 109 Å². The number of alkyl carbamates (subject to hydrolysis) is 1. The van der Waals surface area contributed by atoms with Crippen LogP contribution in [0.3, 0.4) is 0 Å². The van der Waals surface area contributed by atoms with Crippen molar-refractivity contribution in [1.82, 2.24) is 29.9 Å². The van der Waals surface area contributed by atoms with Gasteiger partial charge in [0.1, 0.15) is 17.9 Å². The highest BCUT2D eigenvalue weighted by Crippen LogP contribution is 2.57. The van der Waals surface area contributed by atoms with Crippen molar-refractivity contribution in [3.05, 3.63) is 35.9 Å². The summed E-state index contributed by atoms with van der Waals surface area (Å²) in [7, 11) is 0. The molecular weight excluding hydrogens is 458 g/mol. The second kappa shape index (κ2) is 7.31. The first-order valence-corrected chi connectivity index (χ1v) is 11.1. The van der Waals surface area contributed by atoms with Crippen LogP contribution in [0.15, 0.2) is 24.5 Å². The first-order valence-electron chi connectivity index (χ1n) is 11.1. The lowest BCUT2D eigenvalue weighted by Crippen LogP contribution is -2.68. The number of halogens is 4. The normalized spacial score (nSPS) is 30.0. The molecule has 0 saturated heterocycles. The van der Waals surface area contributed by atoms with Crippen molar-refractivity contribution in [3.8, 4) is 0 Å². The number of carbonyl (C=O) groups is 1. The number of hydrogen-bond acceptors (Lipinski definition) is 6. The zero-order chi connectivity index (χ0) is 23.7. The maximum atomic E-state index is 15.1. The van der Waals surface area contributed by atoms with E-state index >= 15 is 4.39 Å². The average molecular weight is 479 g/mol. The Hall–Kier alpha value is -3.38. The molecular formula is C21H21F4N7O2. The Morgan fingerprint density at radius 3 is 2.74 bits per heavy atom. The van der Waals surface area contributed by atoms with Crippen molar-refractivity contribution >= 4 is 23.5 Å². The molecule has 4 fully saturated rings. The summed E-state index contributed by atoms with van der Waals surface area (Å²) in [5.74, 6) is 0.160. The number of hydrogen-bond donors (Lipinski definition) is 3. The number of ether oxygens (including phenoxy) is 1. The minimum absolute atomic E-state index is 0.0670. The molecule has 0 spiro atoms. The first-order chi connectivity index (χ1) is 16.2. The zero-order valence-electron chi connectivity index (χ0n) is 17.8. The molecule has 0 radical (unpaired) electrons. The highest BCUT2D eigenvalue weighted by atomic mass is 19.4. The van der Waals surface area contributed by atoms with Crippen molar-refractivity contribution in [2.45, 2.75) is 62.0 Å². The van der Waals surface area contributed by atoms with Gasteiger partial charge in [-0.05, 0) is 38.0 Å². The van der Waals surface area contributed by atoms with E-state index in [0.29, 0.717) is 24.5 Å². The molecule has 3 atom stereocenters. The first kappa shape index (κ1) is 21.2. The lowest BCUT2D eigenvalue weighted by atomic mass is 9.50. The highest BCUT2D eigenvalue weighted by molar-refractivity contribution is 5.69. The summed E-state index contributed by atoms with van der Waals surface area (Å²) in [5, 5.41) is 12.4. The van der Waals surface area contributed by atoms with Gasteiger partial charge < -0.3 is 15.4 Å². The summed E-state index contributed by atoms with van der Waals surface area (Å²) >= 11 is 0. The van der Waals surface area contributed by atoms with Gasteiger partial charge in [0, 0.05) is 41.7 Å². The summed E-state index contributed by atoms with van der Waals surface area (Å²) in [6.07, 6.45) is -1.03. The van der Waals surface area contributed by atoms with Crippen LogP contribution in [-0.4, -0.2) is 48.5 Å². The molecule has 34 heavy (non-hydrogen) atoms. The summed E-state index contributed by atoms with van der Waals surface area (Å²) in [5.41, 5.74) is -0.721. The molecule has 3 aromatic rings. The molecule has 2 bridgehead atoms. The van der Waals surface area contributed by atoms with Crippen molar-refractivity contribution in [1.29, 1.82) is 0 Å². The van der Waals surface area contributed by atoms with Crippen LogP contribution in [0.25, 0.3) is 5.65 Å². The van der Waals surface area contributed by atoms with Crippen LogP contribution in [-0.2, 0) is 10.9 Å². The third kappa shape index (κ3) is 3.53. The van der Waals surface area contributed by atoms with E-state index in [2.05, 4.69) is 30.8 Å². The molecule has 3 aromatic heterocycles. The van der Waals surface area contributed by atoms with Crippen LogP contribution in [0.2, 0.25) is 0 Å². The number of imidazole rings is 1. The maximum Gasteiger partial charge on any atom is 0.433 e. The minimum Gasteiger partial charge on any atom is -0.443 e. The van der Waals surface area contributed by atoms with Gasteiger partial charge in [-0.3, -0.25) is 9.50 Å². The van der Waals surface area contributed by atoms with E-state index in [-0.39, 0.29) is 23.0 Å². The smallest absolute Gasteiger partial charge is 0.433 e. The Bertz CT molecular complexity index is 1240. The molecule has 180 valence electrons. The molecule has 4 aliphatic rings. The Kier molecular flexibility index (Phi) is 4.55. The number of nitrogens with one attached hydrogen (secondary N) is 3. The average Bonchev–Trinajstić information content (AvgIpc) is 3.44. The molecule has 7 rings (SSSR count). The van der Waals surface area contributed by atoms with Crippen molar-refractivity contribution < 1.29 is 27.1 Å². The highest BCUT2D eigenvalue weighted by Gasteiger charge is 2.58. The number of rotatable bonds is 5. The van der Waals surface area contributed by atoms with Crippen molar-refractivity contribution in [2.24, 2.45) is 5.92 Å². The number of anilines is 2. The molecule has 3 N–H and O–H groups in total. The van der Waals surface area contributed by atoms with E-state index in [1.54, 1.807) is 0 Å². The third-order valence-corrected chi connectivity index (χ3v) is 7.08. The molecule has 0 aromatic carbocycles. The van der Waals surface area contributed by atoms with Crippen LogP contribution in [0.5, 0.6) is 0 Å². The number of aromatic amines is 1. The molecule has 9 nitrogen and oxygen atoms in total. The van der Waals surface area contributed by atoms with E-state index in [1.165, 1.54) is 22.9 Å². The van der Waals surface area contributed by atoms with Gasteiger partial charge in [0.25, 0.3) is 0 Å². The number of aromatic nitrogens is 5. The quantitative estimate of drug-likeness (QED) is 0.476. The fraction of sp³-hybridized carbons (Fsp3) is 0.524. The van der Waals surface area contributed by atoms with Gasteiger partial charge in [0.2, 0.25) is 5.95 Å².